The first-order valence-electron chi connectivity index (χ1n) is 2.72. The first kappa shape index (κ1) is 14.2. The molecule has 0 N–H and O–H groups in total. The molecule has 0 radical (unpaired) electrons. The van der Waals surface area contributed by atoms with E-state index in [9.17, 15) is 17.3 Å². The van der Waals surface area contributed by atoms with Crippen LogP contribution in [-0.2, 0) is 0 Å². The van der Waals surface area contributed by atoms with E-state index in [1.807, 2.05) is 18.2 Å². The fraction of sp³-hybridized carbons (Fsp3) is 0. The van der Waals surface area contributed by atoms with Gasteiger partial charge in [-0.25, -0.2) is 0 Å². The van der Waals surface area contributed by atoms with Crippen molar-refractivity contribution in [2.24, 2.45) is 0 Å². The molecule has 1 aromatic rings. The summed E-state index contributed by atoms with van der Waals surface area (Å²) in [7, 11) is -6.00. The van der Waals surface area contributed by atoms with Gasteiger partial charge in [0.1, 0.15) is 0 Å². The van der Waals surface area contributed by atoms with Crippen LogP contribution in [0.3, 0.4) is 0 Å². The number of aromatic nitrogens is 1. The molecule has 0 spiro atoms. The van der Waals surface area contributed by atoms with Gasteiger partial charge < -0.3 is 17.3 Å². The van der Waals surface area contributed by atoms with Crippen LogP contribution in [-0.4, -0.2) is 12.2 Å². The van der Waals surface area contributed by atoms with Crippen molar-refractivity contribution in [3.05, 3.63) is 30.6 Å². The summed E-state index contributed by atoms with van der Waals surface area (Å²) in [6.07, 6.45) is 3.50. The highest BCUT2D eigenvalue weighted by Crippen LogP contribution is 2.06. The Balaban J connectivity index is 0. The highest BCUT2D eigenvalue weighted by molar-refractivity contribution is 14.0. The van der Waals surface area contributed by atoms with Gasteiger partial charge in [-0.3, -0.25) is 4.98 Å². The maximum Gasteiger partial charge on any atom is 0.673 e. The van der Waals surface area contributed by atoms with Gasteiger partial charge in [0.05, 0.1) is 0 Å². The molecule has 0 saturated carbocycles. The van der Waals surface area contributed by atoms with Crippen LogP contribution in [0.2, 0.25) is 0 Å². The molecule has 70 valence electrons. The molecule has 12 heavy (non-hydrogen) atoms. The molecule has 0 saturated heterocycles. The van der Waals surface area contributed by atoms with Crippen molar-refractivity contribution >= 4 is 31.2 Å². The molecular weight excluding hydrogens is 288 g/mol. The van der Waals surface area contributed by atoms with E-state index < -0.39 is 7.25 Å². The Morgan fingerprint density at radius 2 is 1.17 bits per heavy atom. The number of hydrogen-bond acceptors (Lipinski definition) is 1. The molecule has 1 aromatic heterocycles. The van der Waals surface area contributed by atoms with Crippen molar-refractivity contribution in [2.45, 2.75) is 0 Å². The number of hydrogen-bond donors (Lipinski definition) is 0. The van der Waals surface area contributed by atoms with Crippen LogP contribution in [0, 0.1) is 0 Å². The monoisotopic (exact) mass is 294 g/mol. The second kappa shape index (κ2) is 7.32. The number of pyridine rings is 1. The van der Waals surface area contributed by atoms with Gasteiger partial charge in [0.15, 0.2) is 0 Å². The highest BCUT2D eigenvalue weighted by atomic mass is 127. The average molecular weight is 294 g/mol. The fourth-order valence-electron chi connectivity index (χ4n) is 0.313. The topological polar surface area (TPSA) is 12.9 Å². The summed E-state index contributed by atoms with van der Waals surface area (Å²) in [4.78, 5) is 3.78. The van der Waals surface area contributed by atoms with Crippen LogP contribution in [0.1, 0.15) is 0 Å². The molecular formula is C5H6BF4IN-. The van der Waals surface area contributed by atoms with Crippen molar-refractivity contribution < 1.29 is 17.3 Å². The van der Waals surface area contributed by atoms with Gasteiger partial charge in [0.25, 0.3) is 0 Å². The summed E-state index contributed by atoms with van der Waals surface area (Å²) < 4.78 is 39.0. The third kappa shape index (κ3) is 22.6. The third-order valence-electron chi connectivity index (χ3n) is 0.566. The summed E-state index contributed by atoms with van der Waals surface area (Å²) in [5.41, 5.74) is 0. The predicted molar refractivity (Wildman–Crippen MR) is 49.8 cm³/mol. The first-order valence-corrected chi connectivity index (χ1v) is 2.72. The van der Waals surface area contributed by atoms with E-state index in [0.717, 1.165) is 0 Å². The van der Waals surface area contributed by atoms with Gasteiger partial charge in [0.2, 0.25) is 0 Å². The average Bonchev–Trinajstić information content (AvgIpc) is 1.88. The normalized spacial score (nSPS) is 9.00. The van der Waals surface area contributed by atoms with E-state index in [-0.39, 0.29) is 24.0 Å². The van der Waals surface area contributed by atoms with Gasteiger partial charge in [-0.1, -0.05) is 6.07 Å². The zero-order chi connectivity index (χ0) is 8.74. The van der Waals surface area contributed by atoms with Gasteiger partial charge in [-0.05, 0) is 12.1 Å². The Labute approximate surface area is 84.3 Å². The summed E-state index contributed by atoms with van der Waals surface area (Å²) in [5.74, 6) is 0. The van der Waals surface area contributed by atoms with E-state index in [2.05, 4.69) is 4.98 Å². The maximum atomic E-state index is 9.75. The molecule has 1 rings (SSSR count). The highest BCUT2D eigenvalue weighted by Gasteiger charge is 2.20. The van der Waals surface area contributed by atoms with Gasteiger partial charge >= 0.3 is 7.25 Å². The van der Waals surface area contributed by atoms with Crippen molar-refractivity contribution in [1.82, 2.24) is 4.98 Å². The van der Waals surface area contributed by atoms with E-state index >= 15 is 0 Å². The minimum absolute atomic E-state index is 0. The van der Waals surface area contributed by atoms with E-state index in [4.69, 9.17) is 0 Å². The van der Waals surface area contributed by atoms with Crippen LogP contribution < -0.4 is 0 Å². The lowest BCUT2D eigenvalue weighted by atomic mass is 10.3. The zero-order valence-electron chi connectivity index (χ0n) is 5.83. The molecule has 0 bridgehead atoms. The second-order valence-corrected chi connectivity index (χ2v) is 1.52. The maximum absolute atomic E-state index is 9.75. The van der Waals surface area contributed by atoms with Crippen LogP contribution in [0.25, 0.3) is 0 Å². The third-order valence-corrected chi connectivity index (χ3v) is 0.566. The standard InChI is InChI=1S/C5H5N.BF4.HI/c1-2-4-6-5-3-1;2-1(3,4)5;/h1-5H;;1H/q;-1;. The van der Waals surface area contributed by atoms with E-state index in [1.165, 1.54) is 0 Å². The number of halogens is 5. The molecule has 1 nitrogen and oxygen atoms in total. The lowest BCUT2D eigenvalue weighted by Gasteiger charge is -1.94. The van der Waals surface area contributed by atoms with Crippen LogP contribution in [0.4, 0.5) is 17.3 Å². The molecule has 0 aromatic carbocycles. The molecule has 0 aliphatic carbocycles. The minimum atomic E-state index is -6.00. The molecule has 0 fully saturated rings. The summed E-state index contributed by atoms with van der Waals surface area (Å²) in [6.45, 7) is 0. The zero-order valence-corrected chi connectivity index (χ0v) is 8.16. The molecule has 7 heteroatoms. The van der Waals surface area contributed by atoms with Crippen molar-refractivity contribution in [2.75, 3.05) is 0 Å². The Bertz CT molecular complexity index is 148. The lowest BCUT2D eigenvalue weighted by molar-refractivity contribution is 0.368. The Morgan fingerprint density at radius 1 is 0.833 bits per heavy atom. The van der Waals surface area contributed by atoms with Crippen molar-refractivity contribution in [3.8, 4) is 0 Å². The van der Waals surface area contributed by atoms with Gasteiger partial charge in [0, 0.05) is 12.4 Å². The van der Waals surface area contributed by atoms with Crippen molar-refractivity contribution in [1.29, 1.82) is 0 Å². The predicted octanol–water partition coefficient (Wildman–Crippen LogP) is 3.00. The smallest absolute Gasteiger partial charge is 0.418 e. The summed E-state index contributed by atoms with van der Waals surface area (Å²) in [5, 5.41) is 0. The molecule has 0 atom stereocenters. The largest absolute Gasteiger partial charge is 0.673 e. The summed E-state index contributed by atoms with van der Waals surface area (Å²) >= 11 is 0. The van der Waals surface area contributed by atoms with Crippen LogP contribution >= 0.6 is 24.0 Å². The van der Waals surface area contributed by atoms with Crippen LogP contribution in [0.15, 0.2) is 30.6 Å². The Kier molecular flexibility index (Phi) is 8.67. The molecule has 0 unspecified atom stereocenters. The molecule has 0 aliphatic heterocycles. The number of rotatable bonds is 0. The Hall–Kier alpha value is -0.335. The van der Waals surface area contributed by atoms with Gasteiger partial charge in [-0.15, -0.1) is 24.0 Å². The fourth-order valence-corrected chi connectivity index (χ4v) is 0.313. The SMILES string of the molecule is F[B-](F)(F)F.I.c1ccncc1. The van der Waals surface area contributed by atoms with E-state index in [0.29, 0.717) is 0 Å². The Morgan fingerprint density at radius 3 is 1.25 bits per heavy atom. The van der Waals surface area contributed by atoms with Crippen molar-refractivity contribution in [3.63, 3.8) is 0 Å². The quantitative estimate of drug-likeness (QED) is 0.407. The molecule has 1 heterocycles. The molecule has 0 aliphatic rings. The van der Waals surface area contributed by atoms with E-state index in [1.54, 1.807) is 12.4 Å². The minimum Gasteiger partial charge on any atom is -0.418 e. The second-order valence-electron chi connectivity index (χ2n) is 1.52. The first-order chi connectivity index (χ1) is 5.00. The van der Waals surface area contributed by atoms with Crippen LogP contribution in [0.5, 0.6) is 0 Å². The molecule has 0 amide bonds. The summed E-state index contributed by atoms with van der Waals surface area (Å²) in [6, 6.07) is 5.72. The lowest BCUT2D eigenvalue weighted by Crippen LogP contribution is -2.02. The van der Waals surface area contributed by atoms with Gasteiger partial charge in [-0.2, -0.15) is 0 Å². The number of nitrogens with zero attached hydrogens (tertiary/aromatic N) is 1.